The van der Waals surface area contributed by atoms with Gasteiger partial charge in [0.15, 0.2) is 5.84 Å². The van der Waals surface area contributed by atoms with Crippen LogP contribution in [-0.4, -0.2) is 11.0 Å². The summed E-state index contributed by atoms with van der Waals surface area (Å²) in [5.74, 6) is 0.590. The van der Waals surface area contributed by atoms with E-state index in [1.54, 1.807) is 12.1 Å². The number of ether oxygens (including phenoxy) is 1. The first-order chi connectivity index (χ1) is 9.20. The molecule has 0 spiro atoms. The zero-order chi connectivity index (χ0) is 13.7. The molecule has 0 saturated carbocycles. The van der Waals surface area contributed by atoms with E-state index in [0.29, 0.717) is 17.9 Å². The van der Waals surface area contributed by atoms with Crippen molar-refractivity contribution in [1.82, 2.24) is 0 Å². The predicted molar refractivity (Wildman–Crippen MR) is 77.4 cm³/mol. The van der Waals surface area contributed by atoms with Crippen LogP contribution in [-0.2, 0) is 6.61 Å². The van der Waals surface area contributed by atoms with Crippen molar-refractivity contribution < 1.29 is 9.94 Å². The molecular weight excluding hydrogens is 308 g/mol. The molecule has 5 heteroatoms. The number of benzene rings is 2. The van der Waals surface area contributed by atoms with Crippen LogP contribution in [0.25, 0.3) is 0 Å². The predicted octanol–water partition coefficient (Wildman–Crippen LogP) is 3.12. The molecule has 0 aromatic heterocycles. The summed E-state index contributed by atoms with van der Waals surface area (Å²) < 4.78 is 6.54. The summed E-state index contributed by atoms with van der Waals surface area (Å²) in [6.45, 7) is 0.425. The Bertz CT molecular complexity index is 585. The van der Waals surface area contributed by atoms with E-state index >= 15 is 0 Å². The van der Waals surface area contributed by atoms with Crippen molar-refractivity contribution in [2.45, 2.75) is 6.61 Å². The van der Waals surface area contributed by atoms with Gasteiger partial charge in [-0.3, -0.25) is 0 Å². The summed E-state index contributed by atoms with van der Waals surface area (Å²) in [7, 11) is 0. The molecule has 0 atom stereocenters. The molecule has 0 aliphatic heterocycles. The van der Waals surface area contributed by atoms with Crippen LogP contribution in [0.3, 0.4) is 0 Å². The molecular formula is C14H13BrN2O2. The van der Waals surface area contributed by atoms with Crippen LogP contribution in [0.15, 0.2) is 58.2 Å². The largest absolute Gasteiger partial charge is 0.488 e. The lowest BCUT2D eigenvalue weighted by Crippen LogP contribution is -2.15. The highest BCUT2D eigenvalue weighted by Crippen LogP contribution is 2.24. The number of rotatable bonds is 4. The third-order valence-corrected chi connectivity index (χ3v) is 3.06. The van der Waals surface area contributed by atoms with E-state index in [1.165, 1.54) is 0 Å². The highest BCUT2D eigenvalue weighted by Gasteiger charge is 2.09. The lowest BCUT2D eigenvalue weighted by atomic mass is 10.2. The van der Waals surface area contributed by atoms with E-state index in [9.17, 15) is 0 Å². The van der Waals surface area contributed by atoms with Gasteiger partial charge in [-0.05, 0) is 23.8 Å². The van der Waals surface area contributed by atoms with Crippen LogP contribution in [0.1, 0.15) is 11.1 Å². The molecule has 19 heavy (non-hydrogen) atoms. The molecule has 3 N–H and O–H groups in total. The average Bonchev–Trinajstić information content (AvgIpc) is 2.46. The van der Waals surface area contributed by atoms with Gasteiger partial charge in [0.1, 0.15) is 12.4 Å². The fourth-order valence-electron chi connectivity index (χ4n) is 1.62. The fourth-order valence-corrected chi connectivity index (χ4v) is 1.98. The summed E-state index contributed by atoms with van der Waals surface area (Å²) in [5, 5.41) is 11.8. The van der Waals surface area contributed by atoms with E-state index in [-0.39, 0.29) is 5.84 Å². The van der Waals surface area contributed by atoms with Gasteiger partial charge in [0, 0.05) is 4.47 Å². The van der Waals surface area contributed by atoms with Crippen LogP contribution in [0.2, 0.25) is 0 Å². The fraction of sp³-hybridized carbons (Fsp3) is 0.0714. The van der Waals surface area contributed by atoms with Gasteiger partial charge in [0.05, 0.1) is 5.56 Å². The molecule has 0 unspecified atom stereocenters. The third kappa shape index (κ3) is 3.48. The minimum absolute atomic E-state index is 0.0179. The van der Waals surface area contributed by atoms with Crippen LogP contribution >= 0.6 is 15.9 Å². The Morgan fingerprint density at radius 2 is 1.95 bits per heavy atom. The Balaban J connectivity index is 2.20. The van der Waals surface area contributed by atoms with Gasteiger partial charge in [-0.1, -0.05) is 51.4 Å². The van der Waals surface area contributed by atoms with E-state index in [0.717, 1.165) is 10.0 Å². The number of amidine groups is 1. The summed E-state index contributed by atoms with van der Waals surface area (Å²) in [5.41, 5.74) is 7.23. The Morgan fingerprint density at radius 3 is 2.63 bits per heavy atom. The Hall–Kier alpha value is -2.01. The lowest BCUT2D eigenvalue weighted by Gasteiger charge is -2.11. The van der Waals surface area contributed by atoms with Crippen molar-refractivity contribution in [2.75, 3.05) is 0 Å². The Morgan fingerprint density at radius 1 is 1.21 bits per heavy atom. The standard InChI is InChI=1S/C14H13BrN2O2/c15-11-6-7-13(12(8-11)14(16)17-18)19-9-10-4-2-1-3-5-10/h1-8,18H,9H2,(H2,16,17). The van der Waals surface area contributed by atoms with Crippen molar-refractivity contribution in [2.24, 2.45) is 10.9 Å². The van der Waals surface area contributed by atoms with Gasteiger partial charge in [0.2, 0.25) is 0 Å². The molecule has 2 aromatic rings. The Kier molecular flexibility index (Phi) is 4.41. The van der Waals surface area contributed by atoms with Gasteiger partial charge >= 0.3 is 0 Å². The van der Waals surface area contributed by atoms with Crippen molar-refractivity contribution >= 4 is 21.8 Å². The zero-order valence-corrected chi connectivity index (χ0v) is 11.7. The number of nitrogens with two attached hydrogens (primary N) is 1. The van der Waals surface area contributed by atoms with E-state index in [4.69, 9.17) is 15.7 Å². The zero-order valence-electron chi connectivity index (χ0n) is 10.1. The number of hydrogen-bond acceptors (Lipinski definition) is 3. The summed E-state index contributed by atoms with van der Waals surface area (Å²) in [6.07, 6.45) is 0. The first kappa shape index (κ1) is 13.4. The number of nitrogens with zero attached hydrogens (tertiary/aromatic N) is 1. The van der Waals surface area contributed by atoms with Crippen molar-refractivity contribution in [3.8, 4) is 5.75 Å². The molecule has 2 rings (SSSR count). The topological polar surface area (TPSA) is 67.8 Å². The van der Waals surface area contributed by atoms with Crippen LogP contribution in [0.4, 0.5) is 0 Å². The van der Waals surface area contributed by atoms with Gasteiger partial charge in [0.25, 0.3) is 0 Å². The van der Waals surface area contributed by atoms with Crippen molar-refractivity contribution in [1.29, 1.82) is 0 Å². The van der Waals surface area contributed by atoms with Crippen molar-refractivity contribution in [3.63, 3.8) is 0 Å². The van der Waals surface area contributed by atoms with Crippen LogP contribution in [0, 0.1) is 0 Å². The number of halogens is 1. The van der Waals surface area contributed by atoms with E-state index < -0.39 is 0 Å². The summed E-state index contributed by atoms with van der Waals surface area (Å²) in [4.78, 5) is 0. The van der Waals surface area contributed by atoms with Crippen LogP contribution in [0.5, 0.6) is 5.75 Å². The highest BCUT2D eigenvalue weighted by atomic mass is 79.9. The van der Waals surface area contributed by atoms with Gasteiger partial charge in [-0.25, -0.2) is 0 Å². The lowest BCUT2D eigenvalue weighted by molar-refractivity contribution is 0.303. The molecule has 0 amide bonds. The maximum atomic E-state index is 8.78. The molecule has 0 bridgehead atoms. The van der Waals surface area contributed by atoms with Gasteiger partial charge in [-0.15, -0.1) is 0 Å². The molecule has 0 radical (unpaired) electrons. The molecule has 0 saturated heterocycles. The van der Waals surface area contributed by atoms with Crippen LogP contribution < -0.4 is 10.5 Å². The van der Waals surface area contributed by atoms with E-state index in [2.05, 4.69) is 21.1 Å². The number of hydrogen-bond donors (Lipinski definition) is 2. The average molecular weight is 321 g/mol. The SMILES string of the molecule is N/C(=N/O)c1cc(Br)ccc1OCc1ccccc1. The van der Waals surface area contributed by atoms with Crippen molar-refractivity contribution in [3.05, 3.63) is 64.1 Å². The van der Waals surface area contributed by atoms with Gasteiger partial charge in [-0.2, -0.15) is 0 Å². The molecule has 98 valence electrons. The second-order valence-electron chi connectivity index (χ2n) is 3.90. The summed E-state index contributed by atoms with van der Waals surface area (Å²) in [6, 6.07) is 15.2. The molecule has 0 heterocycles. The quantitative estimate of drug-likeness (QED) is 0.393. The normalized spacial score (nSPS) is 11.3. The molecule has 0 aliphatic rings. The third-order valence-electron chi connectivity index (χ3n) is 2.56. The maximum absolute atomic E-state index is 8.78. The highest BCUT2D eigenvalue weighted by molar-refractivity contribution is 9.10. The molecule has 4 nitrogen and oxygen atoms in total. The summed E-state index contributed by atoms with van der Waals surface area (Å²) >= 11 is 3.34. The molecule has 0 fully saturated rings. The smallest absolute Gasteiger partial charge is 0.173 e. The van der Waals surface area contributed by atoms with E-state index in [1.807, 2.05) is 36.4 Å². The maximum Gasteiger partial charge on any atom is 0.173 e. The molecule has 0 aliphatic carbocycles. The Labute approximate surface area is 119 Å². The van der Waals surface area contributed by atoms with Gasteiger partial charge < -0.3 is 15.7 Å². The monoisotopic (exact) mass is 320 g/mol. The first-order valence-electron chi connectivity index (χ1n) is 5.65. The second-order valence-corrected chi connectivity index (χ2v) is 4.82. The minimum atomic E-state index is 0.0179. The minimum Gasteiger partial charge on any atom is -0.488 e. The first-order valence-corrected chi connectivity index (χ1v) is 6.44. The number of oxime groups is 1. The second kappa shape index (κ2) is 6.24. The molecule has 2 aromatic carbocycles.